The first-order valence-corrected chi connectivity index (χ1v) is 9.74. The SMILES string of the molecule is Cn1cncc1CN1CC(C(C(N)=O)c2ccc(F)cc2)Cc2cc(C#N)ccc21. The second-order valence-corrected chi connectivity index (χ2v) is 7.73. The number of anilines is 1. The molecule has 0 saturated heterocycles. The van der Waals surface area contributed by atoms with E-state index < -0.39 is 11.8 Å². The predicted molar refractivity (Wildman–Crippen MR) is 111 cm³/mol. The minimum atomic E-state index is -0.557. The van der Waals surface area contributed by atoms with Crippen LogP contribution in [0.3, 0.4) is 0 Å². The van der Waals surface area contributed by atoms with E-state index in [9.17, 15) is 14.4 Å². The number of rotatable bonds is 5. The van der Waals surface area contributed by atoms with Gasteiger partial charge in [-0.05, 0) is 53.8 Å². The first-order chi connectivity index (χ1) is 14.5. The highest BCUT2D eigenvalue weighted by Crippen LogP contribution is 2.38. The molecule has 0 spiro atoms. The van der Waals surface area contributed by atoms with Crippen LogP contribution in [0.5, 0.6) is 0 Å². The van der Waals surface area contributed by atoms with E-state index in [0.29, 0.717) is 30.6 Å². The van der Waals surface area contributed by atoms with Gasteiger partial charge < -0.3 is 15.2 Å². The average Bonchev–Trinajstić information content (AvgIpc) is 3.13. The van der Waals surface area contributed by atoms with Gasteiger partial charge in [-0.15, -0.1) is 0 Å². The molecule has 6 nitrogen and oxygen atoms in total. The normalized spacial score (nSPS) is 16.6. The number of nitrogens with zero attached hydrogens (tertiary/aromatic N) is 4. The van der Waals surface area contributed by atoms with Crippen molar-refractivity contribution in [2.45, 2.75) is 18.9 Å². The number of nitrogens with two attached hydrogens (primary N) is 1. The first-order valence-electron chi connectivity index (χ1n) is 9.74. The molecule has 30 heavy (non-hydrogen) atoms. The molecule has 1 aromatic heterocycles. The smallest absolute Gasteiger partial charge is 0.225 e. The highest BCUT2D eigenvalue weighted by atomic mass is 19.1. The Morgan fingerprint density at radius 2 is 2.10 bits per heavy atom. The van der Waals surface area contributed by atoms with E-state index in [4.69, 9.17) is 5.73 Å². The van der Waals surface area contributed by atoms with E-state index in [2.05, 4.69) is 16.0 Å². The van der Waals surface area contributed by atoms with Gasteiger partial charge >= 0.3 is 0 Å². The molecule has 0 bridgehead atoms. The lowest BCUT2D eigenvalue weighted by molar-refractivity contribution is -0.120. The van der Waals surface area contributed by atoms with Crippen LogP contribution in [0.4, 0.5) is 10.1 Å². The van der Waals surface area contributed by atoms with Crippen molar-refractivity contribution in [1.29, 1.82) is 5.26 Å². The fourth-order valence-electron chi connectivity index (χ4n) is 4.30. The molecule has 1 amide bonds. The number of benzene rings is 2. The maximum Gasteiger partial charge on any atom is 0.225 e. The molecule has 152 valence electrons. The van der Waals surface area contributed by atoms with Gasteiger partial charge in [0, 0.05) is 25.5 Å². The lowest BCUT2D eigenvalue weighted by atomic mass is 9.78. The standard InChI is InChI=1S/C23H22FN5O/c1-28-14-27-11-20(28)13-29-12-18(9-17-8-15(10-25)2-7-21(17)29)22(23(26)30)16-3-5-19(24)6-4-16/h2-8,11,14,18,22H,9,12-13H2,1H3,(H2,26,30). The number of hydrogen-bond acceptors (Lipinski definition) is 4. The zero-order valence-corrected chi connectivity index (χ0v) is 16.6. The third-order valence-corrected chi connectivity index (χ3v) is 5.76. The topological polar surface area (TPSA) is 87.9 Å². The van der Waals surface area contributed by atoms with E-state index in [1.54, 1.807) is 24.5 Å². The molecular formula is C23H22FN5O. The van der Waals surface area contributed by atoms with Gasteiger partial charge in [0.15, 0.2) is 0 Å². The van der Waals surface area contributed by atoms with E-state index in [0.717, 1.165) is 16.9 Å². The number of carbonyl (C=O) groups excluding carboxylic acids is 1. The van der Waals surface area contributed by atoms with E-state index in [1.165, 1.54) is 12.1 Å². The van der Waals surface area contributed by atoms with Crippen LogP contribution >= 0.6 is 0 Å². The van der Waals surface area contributed by atoms with Crippen LogP contribution in [0.15, 0.2) is 55.0 Å². The molecule has 1 aliphatic heterocycles. The van der Waals surface area contributed by atoms with Gasteiger partial charge in [-0.25, -0.2) is 9.37 Å². The monoisotopic (exact) mass is 403 g/mol. The van der Waals surface area contributed by atoms with Gasteiger partial charge in [0.25, 0.3) is 0 Å². The van der Waals surface area contributed by atoms with Crippen LogP contribution < -0.4 is 10.6 Å². The van der Waals surface area contributed by atoms with Crippen LogP contribution in [0.1, 0.15) is 28.3 Å². The highest BCUT2D eigenvalue weighted by molar-refractivity contribution is 5.82. The number of halogens is 1. The third-order valence-electron chi connectivity index (χ3n) is 5.76. The maximum absolute atomic E-state index is 13.4. The maximum atomic E-state index is 13.4. The molecule has 0 radical (unpaired) electrons. The molecule has 0 fully saturated rings. The number of nitriles is 1. The third kappa shape index (κ3) is 3.77. The fraction of sp³-hybridized carbons (Fsp3) is 0.261. The summed E-state index contributed by atoms with van der Waals surface area (Å²) in [6.07, 6.45) is 4.18. The van der Waals surface area contributed by atoms with Crippen LogP contribution in [0.25, 0.3) is 0 Å². The van der Waals surface area contributed by atoms with Crippen molar-refractivity contribution in [2.24, 2.45) is 18.7 Å². The highest BCUT2D eigenvalue weighted by Gasteiger charge is 2.34. The van der Waals surface area contributed by atoms with E-state index in [-0.39, 0.29) is 11.7 Å². The lowest BCUT2D eigenvalue weighted by Gasteiger charge is -2.39. The molecule has 2 aromatic carbocycles. The van der Waals surface area contributed by atoms with Crippen molar-refractivity contribution in [3.63, 3.8) is 0 Å². The molecule has 0 saturated carbocycles. The number of fused-ring (bicyclic) bond motifs is 1. The Bertz CT molecular complexity index is 1120. The summed E-state index contributed by atoms with van der Waals surface area (Å²) in [5, 5.41) is 9.33. The van der Waals surface area contributed by atoms with Crippen molar-refractivity contribution in [3.05, 3.63) is 83.2 Å². The van der Waals surface area contributed by atoms with Crippen molar-refractivity contribution in [3.8, 4) is 6.07 Å². The summed E-state index contributed by atoms with van der Waals surface area (Å²) in [5.41, 5.74) is 10.1. The fourth-order valence-corrected chi connectivity index (χ4v) is 4.30. The summed E-state index contributed by atoms with van der Waals surface area (Å²) in [5.74, 6) is -1.46. The second kappa shape index (κ2) is 7.99. The molecular weight excluding hydrogens is 381 g/mol. The van der Waals surface area contributed by atoms with E-state index >= 15 is 0 Å². The molecule has 0 aliphatic carbocycles. The Morgan fingerprint density at radius 3 is 2.73 bits per heavy atom. The number of amides is 1. The molecule has 2 unspecified atom stereocenters. The van der Waals surface area contributed by atoms with Crippen LogP contribution in [-0.2, 0) is 24.8 Å². The second-order valence-electron chi connectivity index (χ2n) is 7.73. The molecule has 1 aliphatic rings. The zero-order chi connectivity index (χ0) is 21.3. The van der Waals surface area contributed by atoms with Crippen LogP contribution in [0.2, 0.25) is 0 Å². The quantitative estimate of drug-likeness (QED) is 0.710. The first kappa shape index (κ1) is 19.6. The summed E-state index contributed by atoms with van der Waals surface area (Å²) in [6, 6.07) is 13.8. The average molecular weight is 403 g/mol. The number of carbonyl (C=O) groups is 1. The van der Waals surface area contributed by atoms with Crippen molar-refractivity contribution in [1.82, 2.24) is 9.55 Å². The number of hydrogen-bond donors (Lipinski definition) is 1. The van der Waals surface area contributed by atoms with Crippen molar-refractivity contribution < 1.29 is 9.18 Å². The van der Waals surface area contributed by atoms with Crippen LogP contribution in [0, 0.1) is 23.1 Å². The minimum Gasteiger partial charge on any atom is -0.369 e. The van der Waals surface area contributed by atoms with Crippen molar-refractivity contribution >= 4 is 11.6 Å². The Morgan fingerprint density at radius 1 is 1.33 bits per heavy atom. The summed E-state index contributed by atoms with van der Waals surface area (Å²) in [6.45, 7) is 1.22. The predicted octanol–water partition coefficient (Wildman–Crippen LogP) is 2.88. The van der Waals surface area contributed by atoms with Gasteiger partial charge in [0.1, 0.15) is 5.82 Å². The van der Waals surface area contributed by atoms with Gasteiger partial charge in [-0.3, -0.25) is 4.79 Å². The molecule has 7 heteroatoms. The summed E-state index contributed by atoms with van der Waals surface area (Å²) >= 11 is 0. The van der Waals surface area contributed by atoms with E-state index in [1.807, 2.05) is 29.9 Å². The Labute approximate surface area is 174 Å². The Balaban J connectivity index is 1.73. The summed E-state index contributed by atoms with van der Waals surface area (Å²) in [7, 11) is 1.94. The van der Waals surface area contributed by atoms with Gasteiger partial charge in [0.05, 0.1) is 36.1 Å². The number of aryl methyl sites for hydroxylation is 1. The number of primary amides is 1. The summed E-state index contributed by atoms with van der Waals surface area (Å²) < 4.78 is 15.4. The largest absolute Gasteiger partial charge is 0.369 e. The number of imidazole rings is 1. The van der Waals surface area contributed by atoms with Crippen LogP contribution in [-0.4, -0.2) is 22.0 Å². The minimum absolute atomic E-state index is 0.109. The van der Waals surface area contributed by atoms with Gasteiger partial charge in [-0.2, -0.15) is 5.26 Å². The Kier molecular flexibility index (Phi) is 5.23. The van der Waals surface area contributed by atoms with Gasteiger partial charge in [-0.1, -0.05) is 12.1 Å². The molecule has 2 N–H and O–H groups in total. The van der Waals surface area contributed by atoms with Crippen molar-refractivity contribution in [2.75, 3.05) is 11.4 Å². The zero-order valence-electron chi connectivity index (χ0n) is 16.6. The lowest BCUT2D eigenvalue weighted by Crippen LogP contribution is -2.41. The number of aromatic nitrogens is 2. The molecule has 4 rings (SSSR count). The Hall–Kier alpha value is -3.66. The molecule has 3 aromatic rings. The molecule has 2 heterocycles. The molecule has 2 atom stereocenters. The summed E-state index contributed by atoms with van der Waals surface area (Å²) in [4.78, 5) is 18.8. The van der Waals surface area contributed by atoms with Gasteiger partial charge in [0.2, 0.25) is 5.91 Å².